The second kappa shape index (κ2) is 7.48. The molecule has 2 heterocycles. The molecule has 0 aliphatic carbocycles. The molecule has 1 aliphatic rings. The lowest BCUT2D eigenvalue weighted by Crippen LogP contribution is -2.30. The van der Waals surface area contributed by atoms with Crippen LogP contribution in [0.2, 0.25) is 0 Å². The number of nitrogens with two attached hydrogens (primary N) is 1. The van der Waals surface area contributed by atoms with Crippen LogP contribution in [0, 0.1) is 0 Å². The van der Waals surface area contributed by atoms with E-state index in [1.165, 1.54) is 26.2 Å². The van der Waals surface area contributed by atoms with Crippen molar-refractivity contribution in [2.75, 3.05) is 18.0 Å². The summed E-state index contributed by atoms with van der Waals surface area (Å²) in [7, 11) is -3.53. The van der Waals surface area contributed by atoms with E-state index in [1.807, 2.05) is 30.5 Å². The average molecular weight is 397 g/mol. The number of nitrogens with zero attached hydrogens (tertiary/aromatic N) is 3. The predicted molar refractivity (Wildman–Crippen MR) is 112 cm³/mol. The van der Waals surface area contributed by atoms with Crippen LogP contribution in [-0.2, 0) is 9.84 Å². The largest absolute Gasteiger partial charge is 0.355 e. The summed E-state index contributed by atoms with van der Waals surface area (Å²) in [6.45, 7) is 3.50. The van der Waals surface area contributed by atoms with Crippen molar-refractivity contribution >= 4 is 26.7 Å². The van der Waals surface area contributed by atoms with Gasteiger partial charge in [0.2, 0.25) is 0 Å². The van der Waals surface area contributed by atoms with Gasteiger partial charge in [-0.05, 0) is 61.6 Å². The zero-order chi connectivity index (χ0) is 19.7. The number of sulfone groups is 1. The summed E-state index contributed by atoms with van der Waals surface area (Å²) in [6, 6.07) is 12.7. The molecule has 28 heavy (non-hydrogen) atoms. The number of aromatic nitrogens is 2. The summed E-state index contributed by atoms with van der Waals surface area (Å²) < 4.78 is 24.8. The van der Waals surface area contributed by atoms with Gasteiger partial charge in [-0.1, -0.05) is 18.2 Å². The molecule has 0 saturated carbocycles. The Morgan fingerprint density at radius 3 is 2.50 bits per heavy atom. The second-order valence-corrected chi connectivity index (χ2v) is 9.56. The van der Waals surface area contributed by atoms with Crippen LogP contribution in [0.4, 0.5) is 5.82 Å². The monoisotopic (exact) mass is 396 g/mol. The number of benzene rings is 2. The molecule has 1 fully saturated rings. The summed E-state index contributed by atoms with van der Waals surface area (Å²) in [5.41, 5.74) is 8.99. The van der Waals surface area contributed by atoms with Gasteiger partial charge >= 0.3 is 0 Å². The van der Waals surface area contributed by atoms with Crippen LogP contribution in [0.5, 0.6) is 0 Å². The Bertz CT molecular complexity index is 1110. The van der Waals surface area contributed by atoms with Crippen LogP contribution in [0.15, 0.2) is 53.6 Å². The summed E-state index contributed by atoms with van der Waals surface area (Å²) in [6.07, 6.45) is 5.46. The Kier molecular flexibility index (Phi) is 5.03. The molecule has 1 atom stereocenters. The van der Waals surface area contributed by atoms with Crippen molar-refractivity contribution in [2.45, 2.75) is 36.5 Å². The van der Waals surface area contributed by atoms with Crippen LogP contribution in [0.3, 0.4) is 0 Å². The maximum absolute atomic E-state index is 12.4. The molecule has 1 aliphatic heterocycles. The van der Waals surface area contributed by atoms with Crippen LogP contribution < -0.4 is 10.6 Å². The Labute approximate surface area is 165 Å². The first kappa shape index (κ1) is 18.8. The number of hydrogen-bond acceptors (Lipinski definition) is 6. The Balaban J connectivity index is 1.73. The van der Waals surface area contributed by atoms with E-state index in [0.717, 1.165) is 41.1 Å². The summed E-state index contributed by atoms with van der Waals surface area (Å²) in [5.74, 6) is 0.901. The number of fused-ring (bicyclic) bond motifs is 1. The van der Waals surface area contributed by atoms with Gasteiger partial charge in [-0.25, -0.2) is 13.4 Å². The highest BCUT2D eigenvalue weighted by molar-refractivity contribution is 7.92. The topological polar surface area (TPSA) is 89.2 Å². The maximum Gasteiger partial charge on any atom is 0.193 e. The summed E-state index contributed by atoms with van der Waals surface area (Å²) in [5, 5.41) is -0.947. The summed E-state index contributed by atoms with van der Waals surface area (Å²) >= 11 is 0. The van der Waals surface area contributed by atoms with Gasteiger partial charge in [-0.2, -0.15) is 0 Å². The lowest BCUT2D eigenvalue weighted by atomic mass is 10.1. The van der Waals surface area contributed by atoms with Crippen molar-refractivity contribution in [3.05, 3.63) is 48.7 Å². The SMILES string of the molecule is CC(N)S(=O)(=O)c1cccc(-c2ccc3ncc(N4CCCCC4)nc3c2)c1. The zero-order valence-electron chi connectivity index (χ0n) is 15.9. The minimum atomic E-state index is -3.53. The van der Waals surface area contributed by atoms with Crippen LogP contribution in [0.25, 0.3) is 22.2 Å². The Hall–Kier alpha value is -2.51. The first-order chi connectivity index (χ1) is 13.4. The third-order valence-electron chi connectivity index (χ3n) is 5.19. The molecule has 1 saturated heterocycles. The minimum absolute atomic E-state index is 0.230. The van der Waals surface area contributed by atoms with Crippen LogP contribution in [-0.4, -0.2) is 36.8 Å². The first-order valence-corrected chi connectivity index (χ1v) is 11.1. The van der Waals surface area contributed by atoms with E-state index in [9.17, 15) is 8.42 Å². The van der Waals surface area contributed by atoms with Gasteiger partial charge in [0.05, 0.1) is 22.1 Å². The Morgan fingerprint density at radius 2 is 1.75 bits per heavy atom. The van der Waals surface area contributed by atoms with Gasteiger partial charge < -0.3 is 10.6 Å². The fourth-order valence-electron chi connectivity index (χ4n) is 3.52. The quantitative estimate of drug-likeness (QED) is 0.727. The fraction of sp³-hybridized carbons (Fsp3) is 0.333. The Morgan fingerprint density at radius 1 is 1.00 bits per heavy atom. The van der Waals surface area contributed by atoms with Gasteiger partial charge in [0, 0.05) is 13.1 Å². The highest BCUT2D eigenvalue weighted by Gasteiger charge is 2.20. The van der Waals surface area contributed by atoms with E-state index in [1.54, 1.807) is 18.2 Å². The third kappa shape index (κ3) is 3.59. The van der Waals surface area contributed by atoms with Crippen molar-refractivity contribution < 1.29 is 8.42 Å². The van der Waals surface area contributed by atoms with Gasteiger partial charge in [-0.3, -0.25) is 4.98 Å². The lowest BCUT2D eigenvalue weighted by Gasteiger charge is -2.27. The molecular formula is C21H24N4O2S. The lowest BCUT2D eigenvalue weighted by molar-refractivity contribution is 0.573. The van der Waals surface area contributed by atoms with Gasteiger partial charge in [0.15, 0.2) is 9.84 Å². The number of hydrogen-bond donors (Lipinski definition) is 1. The maximum atomic E-state index is 12.4. The number of anilines is 1. The molecule has 2 aromatic carbocycles. The predicted octanol–water partition coefficient (Wildman–Crippen LogP) is 3.37. The molecule has 0 amide bonds. The average Bonchev–Trinajstić information content (AvgIpc) is 2.73. The molecule has 3 aromatic rings. The first-order valence-electron chi connectivity index (χ1n) is 9.57. The van der Waals surface area contributed by atoms with Crippen molar-refractivity contribution in [3.8, 4) is 11.1 Å². The minimum Gasteiger partial charge on any atom is -0.355 e. The summed E-state index contributed by atoms with van der Waals surface area (Å²) in [4.78, 5) is 11.9. The standard InChI is InChI=1S/C21H24N4O2S/c1-15(22)28(26,27)18-7-5-6-16(12-18)17-8-9-19-20(13-17)24-21(14-23-19)25-10-3-2-4-11-25/h5-9,12-15H,2-4,10-11,22H2,1H3. The second-order valence-electron chi connectivity index (χ2n) is 7.26. The third-order valence-corrected chi connectivity index (χ3v) is 7.08. The van der Waals surface area contributed by atoms with Gasteiger partial charge in [-0.15, -0.1) is 0 Å². The zero-order valence-corrected chi connectivity index (χ0v) is 16.7. The molecule has 1 aromatic heterocycles. The normalized spacial score (nSPS) is 16.3. The molecular weight excluding hydrogens is 372 g/mol. The van der Waals surface area contributed by atoms with Crippen molar-refractivity contribution in [1.82, 2.24) is 9.97 Å². The van der Waals surface area contributed by atoms with E-state index in [-0.39, 0.29) is 4.90 Å². The van der Waals surface area contributed by atoms with E-state index in [4.69, 9.17) is 10.7 Å². The molecule has 0 radical (unpaired) electrons. The highest BCUT2D eigenvalue weighted by Crippen LogP contribution is 2.27. The van der Waals surface area contributed by atoms with Crippen molar-refractivity contribution in [2.24, 2.45) is 5.73 Å². The molecule has 146 valence electrons. The number of rotatable bonds is 4. The molecule has 4 rings (SSSR count). The number of piperidine rings is 1. The molecule has 0 bridgehead atoms. The van der Waals surface area contributed by atoms with Gasteiger partial charge in [0.1, 0.15) is 11.2 Å². The highest BCUT2D eigenvalue weighted by atomic mass is 32.2. The molecule has 2 N–H and O–H groups in total. The van der Waals surface area contributed by atoms with E-state index in [0.29, 0.717) is 0 Å². The van der Waals surface area contributed by atoms with E-state index < -0.39 is 15.2 Å². The van der Waals surface area contributed by atoms with Crippen molar-refractivity contribution in [1.29, 1.82) is 0 Å². The van der Waals surface area contributed by atoms with E-state index >= 15 is 0 Å². The van der Waals surface area contributed by atoms with E-state index in [2.05, 4.69) is 9.88 Å². The fourth-order valence-corrected chi connectivity index (χ4v) is 4.51. The molecule has 7 heteroatoms. The van der Waals surface area contributed by atoms with Crippen LogP contribution in [0.1, 0.15) is 26.2 Å². The van der Waals surface area contributed by atoms with Crippen molar-refractivity contribution in [3.63, 3.8) is 0 Å². The molecule has 6 nitrogen and oxygen atoms in total. The molecule has 1 unspecified atom stereocenters. The smallest absolute Gasteiger partial charge is 0.193 e. The van der Waals surface area contributed by atoms with Gasteiger partial charge in [0.25, 0.3) is 0 Å². The van der Waals surface area contributed by atoms with Crippen LogP contribution >= 0.6 is 0 Å². The molecule has 0 spiro atoms.